The van der Waals surface area contributed by atoms with E-state index in [2.05, 4.69) is 25.6 Å². The summed E-state index contributed by atoms with van der Waals surface area (Å²) in [6.07, 6.45) is 5.12. The molecule has 2 aromatic rings. The van der Waals surface area contributed by atoms with Crippen LogP contribution in [0.4, 0.5) is 10.5 Å². The fraction of sp³-hybridized carbons (Fsp3) is 0.308. The molecule has 2 aromatic heterocycles. The number of aryl methyl sites for hydroxylation is 2. The van der Waals surface area contributed by atoms with Gasteiger partial charge in [0.25, 0.3) is 0 Å². The van der Waals surface area contributed by atoms with Gasteiger partial charge in [0.05, 0.1) is 11.4 Å². The molecule has 0 bridgehead atoms. The SMILES string of the molecule is Cc1nc(Cl)ccc1NC(=O)NCCCc1ncc[nH]1. The third kappa shape index (κ3) is 4.24. The number of pyridine rings is 1. The van der Waals surface area contributed by atoms with E-state index in [4.69, 9.17) is 11.6 Å². The van der Waals surface area contributed by atoms with Crippen LogP contribution >= 0.6 is 11.6 Å². The zero-order valence-electron chi connectivity index (χ0n) is 11.1. The highest BCUT2D eigenvalue weighted by molar-refractivity contribution is 6.29. The predicted molar refractivity (Wildman–Crippen MR) is 77.9 cm³/mol. The number of hydrogen-bond acceptors (Lipinski definition) is 3. The summed E-state index contributed by atoms with van der Waals surface area (Å²) in [5.41, 5.74) is 1.33. The monoisotopic (exact) mass is 293 g/mol. The molecule has 0 aromatic carbocycles. The summed E-state index contributed by atoms with van der Waals surface area (Å²) < 4.78 is 0. The number of H-pyrrole nitrogens is 1. The fourth-order valence-corrected chi connectivity index (χ4v) is 1.91. The van der Waals surface area contributed by atoms with E-state index in [1.54, 1.807) is 31.5 Å². The van der Waals surface area contributed by atoms with Gasteiger partial charge in [-0.25, -0.2) is 14.8 Å². The fourth-order valence-electron chi connectivity index (χ4n) is 1.72. The Morgan fingerprint density at radius 1 is 1.45 bits per heavy atom. The van der Waals surface area contributed by atoms with Crippen LogP contribution in [0.2, 0.25) is 5.15 Å². The van der Waals surface area contributed by atoms with Crippen molar-refractivity contribution in [3.05, 3.63) is 41.2 Å². The van der Waals surface area contributed by atoms with E-state index in [1.807, 2.05) is 0 Å². The van der Waals surface area contributed by atoms with Crippen molar-refractivity contribution < 1.29 is 4.79 Å². The van der Waals surface area contributed by atoms with E-state index in [0.29, 0.717) is 23.1 Å². The molecule has 0 aliphatic rings. The number of urea groups is 1. The summed E-state index contributed by atoms with van der Waals surface area (Å²) in [5.74, 6) is 0.921. The number of hydrogen-bond donors (Lipinski definition) is 3. The maximum absolute atomic E-state index is 11.7. The first-order valence-corrected chi connectivity index (χ1v) is 6.69. The average Bonchev–Trinajstić information content (AvgIpc) is 2.91. The molecule has 0 saturated heterocycles. The van der Waals surface area contributed by atoms with Crippen LogP contribution in [-0.4, -0.2) is 27.5 Å². The number of carbonyl (C=O) groups excluding carboxylic acids is 1. The Balaban J connectivity index is 1.72. The number of aromatic nitrogens is 3. The zero-order chi connectivity index (χ0) is 14.4. The molecule has 0 atom stereocenters. The molecule has 0 radical (unpaired) electrons. The minimum absolute atomic E-state index is 0.253. The first kappa shape index (κ1) is 14.3. The first-order chi connectivity index (χ1) is 9.65. The number of imidazole rings is 1. The molecular weight excluding hydrogens is 278 g/mol. The number of amides is 2. The highest BCUT2D eigenvalue weighted by Gasteiger charge is 2.05. The Morgan fingerprint density at radius 2 is 2.30 bits per heavy atom. The Morgan fingerprint density at radius 3 is 3.00 bits per heavy atom. The predicted octanol–water partition coefficient (Wildman–Crippen LogP) is 2.52. The van der Waals surface area contributed by atoms with E-state index in [1.165, 1.54) is 0 Å². The van der Waals surface area contributed by atoms with Gasteiger partial charge in [0.1, 0.15) is 11.0 Å². The van der Waals surface area contributed by atoms with Crippen molar-refractivity contribution in [2.24, 2.45) is 0 Å². The normalized spacial score (nSPS) is 10.3. The van der Waals surface area contributed by atoms with Crippen molar-refractivity contribution in [1.82, 2.24) is 20.3 Å². The van der Waals surface area contributed by atoms with Crippen LogP contribution in [0.5, 0.6) is 0 Å². The Hall–Kier alpha value is -2.08. The van der Waals surface area contributed by atoms with Gasteiger partial charge in [0, 0.05) is 25.4 Å². The molecule has 0 aliphatic carbocycles. The molecule has 0 saturated carbocycles. The van der Waals surface area contributed by atoms with Crippen molar-refractivity contribution in [3.63, 3.8) is 0 Å². The van der Waals surface area contributed by atoms with Crippen LogP contribution in [0.25, 0.3) is 0 Å². The lowest BCUT2D eigenvalue weighted by atomic mass is 10.3. The lowest BCUT2D eigenvalue weighted by molar-refractivity contribution is 0.252. The number of nitrogens with zero attached hydrogens (tertiary/aromatic N) is 2. The van der Waals surface area contributed by atoms with Gasteiger partial charge in [-0.2, -0.15) is 0 Å². The standard InChI is InChI=1S/C13H16ClN5O/c1-9-10(4-5-11(14)18-9)19-13(20)17-6-2-3-12-15-7-8-16-12/h4-5,7-8H,2-3,6H2,1H3,(H,15,16)(H2,17,19,20). The molecule has 0 fully saturated rings. The molecule has 7 heteroatoms. The Kier molecular flexibility index (Phi) is 4.95. The Bertz CT molecular complexity index is 570. The van der Waals surface area contributed by atoms with Gasteiger partial charge in [-0.1, -0.05) is 11.6 Å². The molecule has 2 heterocycles. The summed E-state index contributed by atoms with van der Waals surface area (Å²) >= 11 is 5.76. The largest absolute Gasteiger partial charge is 0.349 e. The molecule has 6 nitrogen and oxygen atoms in total. The smallest absolute Gasteiger partial charge is 0.319 e. The second kappa shape index (κ2) is 6.91. The lowest BCUT2D eigenvalue weighted by Gasteiger charge is -2.09. The maximum atomic E-state index is 11.7. The van der Waals surface area contributed by atoms with E-state index in [9.17, 15) is 4.79 Å². The molecule has 106 valence electrons. The van der Waals surface area contributed by atoms with Crippen LogP contribution in [0, 0.1) is 6.92 Å². The second-order valence-electron chi connectivity index (χ2n) is 4.29. The maximum Gasteiger partial charge on any atom is 0.319 e. The summed E-state index contributed by atoms with van der Waals surface area (Å²) in [6.45, 7) is 2.37. The van der Waals surface area contributed by atoms with Gasteiger partial charge in [-0.05, 0) is 25.5 Å². The van der Waals surface area contributed by atoms with Crippen LogP contribution in [0.1, 0.15) is 17.9 Å². The third-order valence-corrected chi connectivity index (χ3v) is 2.94. The highest BCUT2D eigenvalue weighted by Crippen LogP contribution is 2.15. The minimum Gasteiger partial charge on any atom is -0.349 e. The van der Waals surface area contributed by atoms with Gasteiger partial charge >= 0.3 is 6.03 Å². The van der Waals surface area contributed by atoms with Crippen molar-refractivity contribution >= 4 is 23.3 Å². The van der Waals surface area contributed by atoms with Crippen molar-refractivity contribution in [3.8, 4) is 0 Å². The molecule has 0 unspecified atom stereocenters. The number of aromatic amines is 1. The topological polar surface area (TPSA) is 82.7 Å². The number of nitrogens with one attached hydrogen (secondary N) is 3. The first-order valence-electron chi connectivity index (χ1n) is 6.31. The van der Waals surface area contributed by atoms with E-state index in [-0.39, 0.29) is 6.03 Å². The van der Waals surface area contributed by atoms with Gasteiger partial charge in [-0.15, -0.1) is 0 Å². The third-order valence-electron chi connectivity index (χ3n) is 2.73. The quantitative estimate of drug-likeness (QED) is 0.585. The summed E-state index contributed by atoms with van der Waals surface area (Å²) in [4.78, 5) is 22.9. The average molecular weight is 294 g/mol. The number of rotatable bonds is 5. The molecule has 20 heavy (non-hydrogen) atoms. The van der Waals surface area contributed by atoms with Crippen LogP contribution in [0.15, 0.2) is 24.5 Å². The van der Waals surface area contributed by atoms with Gasteiger partial charge in [0.2, 0.25) is 0 Å². The number of anilines is 1. The van der Waals surface area contributed by atoms with Gasteiger partial charge in [-0.3, -0.25) is 0 Å². The molecule has 0 aliphatic heterocycles. The van der Waals surface area contributed by atoms with Gasteiger partial charge < -0.3 is 15.6 Å². The van der Waals surface area contributed by atoms with Crippen molar-refractivity contribution in [2.75, 3.05) is 11.9 Å². The molecular formula is C13H16ClN5O. The Labute approximate surface area is 122 Å². The van der Waals surface area contributed by atoms with Crippen molar-refractivity contribution in [1.29, 1.82) is 0 Å². The van der Waals surface area contributed by atoms with E-state index in [0.717, 1.165) is 18.7 Å². The van der Waals surface area contributed by atoms with Gasteiger partial charge in [0.15, 0.2) is 0 Å². The van der Waals surface area contributed by atoms with Crippen molar-refractivity contribution in [2.45, 2.75) is 19.8 Å². The summed E-state index contributed by atoms with van der Waals surface area (Å²) in [7, 11) is 0. The highest BCUT2D eigenvalue weighted by atomic mass is 35.5. The lowest BCUT2D eigenvalue weighted by Crippen LogP contribution is -2.30. The molecule has 0 spiro atoms. The number of halogens is 1. The van der Waals surface area contributed by atoms with E-state index >= 15 is 0 Å². The molecule has 2 amide bonds. The van der Waals surface area contributed by atoms with Crippen LogP contribution in [-0.2, 0) is 6.42 Å². The molecule has 3 N–H and O–H groups in total. The molecule has 2 rings (SSSR count). The van der Waals surface area contributed by atoms with Crippen LogP contribution in [0.3, 0.4) is 0 Å². The summed E-state index contributed by atoms with van der Waals surface area (Å²) in [5, 5.41) is 5.93. The van der Waals surface area contributed by atoms with E-state index < -0.39 is 0 Å². The second-order valence-corrected chi connectivity index (χ2v) is 4.67. The van der Waals surface area contributed by atoms with Crippen LogP contribution < -0.4 is 10.6 Å². The minimum atomic E-state index is -0.253. The zero-order valence-corrected chi connectivity index (χ0v) is 11.9. The summed E-state index contributed by atoms with van der Waals surface area (Å²) in [6, 6.07) is 3.12. The number of carbonyl (C=O) groups is 1.